The Morgan fingerprint density at radius 3 is 2.22 bits per heavy atom. The van der Waals surface area contributed by atoms with E-state index in [0.717, 1.165) is 11.0 Å². The van der Waals surface area contributed by atoms with Gasteiger partial charge < -0.3 is 5.32 Å². The number of halogens is 1. The van der Waals surface area contributed by atoms with E-state index in [1.54, 1.807) is 12.1 Å². The van der Waals surface area contributed by atoms with Gasteiger partial charge >= 0.3 is 0 Å². The topological polar surface area (TPSA) is 83.6 Å². The van der Waals surface area contributed by atoms with E-state index in [9.17, 15) is 23.6 Å². The highest BCUT2D eigenvalue weighted by Crippen LogP contribution is 2.23. The average molecular weight is 368 g/mol. The molecule has 1 N–H and O–H groups in total. The minimum absolute atomic E-state index is 0.0762. The Balaban J connectivity index is 1.70. The predicted octanol–water partition coefficient (Wildman–Crippen LogP) is 1.98. The molecular formula is C20H17FN2O4. The first-order valence-corrected chi connectivity index (χ1v) is 8.39. The first-order valence-electron chi connectivity index (χ1n) is 8.39. The summed E-state index contributed by atoms with van der Waals surface area (Å²) in [5.74, 6) is -2.37. The van der Waals surface area contributed by atoms with Crippen LogP contribution in [0.25, 0.3) is 0 Å². The zero-order chi connectivity index (χ0) is 19.6. The summed E-state index contributed by atoms with van der Waals surface area (Å²) in [5, 5.41) is 2.57. The second kappa shape index (κ2) is 7.49. The van der Waals surface area contributed by atoms with Gasteiger partial charge in [-0.2, -0.15) is 0 Å². The Morgan fingerprint density at radius 2 is 1.67 bits per heavy atom. The zero-order valence-corrected chi connectivity index (χ0v) is 14.6. The number of hydrogen-bond donors (Lipinski definition) is 1. The fourth-order valence-corrected chi connectivity index (χ4v) is 2.91. The molecule has 1 aliphatic rings. The number of benzene rings is 2. The third-order valence-electron chi connectivity index (χ3n) is 4.32. The molecule has 6 nitrogen and oxygen atoms in total. The molecule has 0 bridgehead atoms. The smallest absolute Gasteiger partial charge is 0.261 e. The van der Waals surface area contributed by atoms with Crippen molar-refractivity contribution < 1.29 is 23.6 Å². The highest BCUT2D eigenvalue weighted by atomic mass is 19.1. The summed E-state index contributed by atoms with van der Waals surface area (Å²) < 4.78 is 14.2. The zero-order valence-electron chi connectivity index (χ0n) is 14.6. The third kappa shape index (κ3) is 3.76. The molecule has 1 aliphatic heterocycles. The number of amides is 3. The molecule has 0 fully saturated rings. The molecule has 2 aromatic rings. The van der Waals surface area contributed by atoms with Gasteiger partial charge in [0.25, 0.3) is 11.8 Å². The van der Waals surface area contributed by atoms with Gasteiger partial charge in [0.05, 0.1) is 17.7 Å². The summed E-state index contributed by atoms with van der Waals surface area (Å²) >= 11 is 0. The van der Waals surface area contributed by atoms with Crippen LogP contribution in [0, 0.1) is 5.82 Å². The molecule has 0 aromatic heterocycles. The van der Waals surface area contributed by atoms with Crippen LogP contribution in [0.3, 0.4) is 0 Å². The maximum absolute atomic E-state index is 14.2. The molecule has 27 heavy (non-hydrogen) atoms. The molecule has 0 radical (unpaired) electrons. The van der Waals surface area contributed by atoms with Crippen molar-refractivity contribution in [2.45, 2.75) is 13.3 Å². The molecule has 0 spiro atoms. The van der Waals surface area contributed by atoms with E-state index in [4.69, 9.17) is 0 Å². The second-order valence-electron chi connectivity index (χ2n) is 6.20. The maximum Gasteiger partial charge on any atom is 0.261 e. The van der Waals surface area contributed by atoms with Crippen LogP contribution in [0.2, 0.25) is 0 Å². The highest BCUT2D eigenvalue weighted by Gasteiger charge is 2.36. The van der Waals surface area contributed by atoms with Gasteiger partial charge in [0.2, 0.25) is 5.91 Å². The number of fused-ring (bicyclic) bond motifs is 1. The van der Waals surface area contributed by atoms with Gasteiger partial charge in [-0.3, -0.25) is 24.1 Å². The van der Waals surface area contributed by atoms with Crippen LogP contribution >= 0.6 is 0 Å². The van der Waals surface area contributed by atoms with Crippen LogP contribution in [-0.4, -0.2) is 41.5 Å². The van der Waals surface area contributed by atoms with Gasteiger partial charge in [0, 0.05) is 19.0 Å². The predicted molar refractivity (Wildman–Crippen MR) is 94.9 cm³/mol. The lowest BCUT2D eigenvalue weighted by molar-refractivity contribution is -0.118. The van der Waals surface area contributed by atoms with Gasteiger partial charge in [-0.1, -0.05) is 24.3 Å². The molecule has 2 aromatic carbocycles. The molecule has 7 heteroatoms. The van der Waals surface area contributed by atoms with Crippen molar-refractivity contribution in [2.24, 2.45) is 0 Å². The number of Topliss-reactive ketones (excluding diaryl/α,β-unsaturated/α-hetero) is 1. The number of nitrogens with zero attached hydrogens (tertiary/aromatic N) is 1. The summed E-state index contributed by atoms with van der Waals surface area (Å²) in [5.41, 5.74) is 0.956. The first kappa shape index (κ1) is 18.4. The van der Waals surface area contributed by atoms with E-state index in [1.807, 2.05) is 0 Å². The van der Waals surface area contributed by atoms with Gasteiger partial charge in [0.15, 0.2) is 5.78 Å². The van der Waals surface area contributed by atoms with E-state index in [2.05, 4.69) is 5.32 Å². The number of imide groups is 1. The van der Waals surface area contributed by atoms with Crippen LogP contribution in [0.5, 0.6) is 0 Å². The molecule has 138 valence electrons. The Morgan fingerprint density at radius 1 is 1.04 bits per heavy atom. The average Bonchev–Trinajstić information content (AvgIpc) is 2.88. The van der Waals surface area contributed by atoms with E-state index in [1.165, 1.54) is 31.2 Å². The van der Waals surface area contributed by atoms with E-state index >= 15 is 0 Å². The summed E-state index contributed by atoms with van der Waals surface area (Å²) in [6, 6.07) is 10.4. The minimum atomic E-state index is -0.575. The quantitative estimate of drug-likeness (QED) is 0.624. The number of rotatable bonds is 6. The molecule has 3 rings (SSSR count). The summed E-state index contributed by atoms with van der Waals surface area (Å²) in [4.78, 5) is 48.8. The number of nitrogens with one attached hydrogen (secondary N) is 1. The van der Waals surface area contributed by atoms with E-state index < -0.39 is 30.0 Å². The third-order valence-corrected chi connectivity index (χ3v) is 4.32. The summed E-state index contributed by atoms with van der Waals surface area (Å²) in [6.07, 6.45) is 0.290. The standard InChI is InChI=1S/C20H17FN2O4/c1-12(24)22-9-8-13-6-7-14(10-17(13)21)18(25)11-23-19(26)15-4-2-3-5-16(15)20(23)27/h2-7,10H,8-9,11H2,1H3,(H,22,24). The minimum Gasteiger partial charge on any atom is -0.356 e. The second-order valence-corrected chi connectivity index (χ2v) is 6.20. The van der Waals surface area contributed by atoms with Gasteiger partial charge in [0.1, 0.15) is 5.82 Å². The molecule has 0 aliphatic carbocycles. The number of ketones is 1. The first-order chi connectivity index (χ1) is 12.9. The Labute approximate surface area is 155 Å². The van der Waals surface area contributed by atoms with Crippen molar-refractivity contribution in [2.75, 3.05) is 13.1 Å². The fourth-order valence-electron chi connectivity index (χ4n) is 2.91. The summed E-state index contributed by atoms with van der Waals surface area (Å²) in [6.45, 7) is 1.21. The Kier molecular flexibility index (Phi) is 5.12. The van der Waals surface area contributed by atoms with Crippen LogP contribution in [0.1, 0.15) is 43.6 Å². The molecular weight excluding hydrogens is 351 g/mol. The number of carbonyl (C=O) groups is 4. The van der Waals surface area contributed by atoms with Crippen LogP contribution in [0.4, 0.5) is 4.39 Å². The van der Waals surface area contributed by atoms with Crippen molar-refractivity contribution >= 4 is 23.5 Å². The SMILES string of the molecule is CC(=O)NCCc1ccc(C(=O)CN2C(=O)c3ccccc3C2=O)cc1F. The van der Waals surface area contributed by atoms with E-state index in [-0.39, 0.29) is 35.6 Å². The molecule has 0 saturated heterocycles. The van der Waals surface area contributed by atoms with Crippen LogP contribution < -0.4 is 5.32 Å². The maximum atomic E-state index is 14.2. The Hall–Kier alpha value is -3.35. The van der Waals surface area contributed by atoms with Crippen molar-refractivity contribution in [3.05, 3.63) is 70.5 Å². The lowest BCUT2D eigenvalue weighted by Crippen LogP contribution is -2.35. The van der Waals surface area contributed by atoms with Crippen molar-refractivity contribution in [1.29, 1.82) is 0 Å². The largest absolute Gasteiger partial charge is 0.356 e. The van der Waals surface area contributed by atoms with Crippen molar-refractivity contribution in [3.63, 3.8) is 0 Å². The van der Waals surface area contributed by atoms with Gasteiger partial charge in [-0.05, 0) is 30.2 Å². The number of hydrogen-bond acceptors (Lipinski definition) is 4. The number of carbonyl (C=O) groups excluding carboxylic acids is 4. The van der Waals surface area contributed by atoms with Gasteiger partial charge in [-0.25, -0.2) is 4.39 Å². The normalized spacial score (nSPS) is 12.9. The monoisotopic (exact) mass is 368 g/mol. The van der Waals surface area contributed by atoms with Crippen molar-refractivity contribution in [3.8, 4) is 0 Å². The van der Waals surface area contributed by atoms with E-state index in [0.29, 0.717) is 5.56 Å². The Bertz CT molecular complexity index is 920. The molecule has 0 unspecified atom stereocenters. The van der Waals surface area contributed by atoms with Crippen LogP contribution in [0.15, 0.2) is 42.5 Å². The lowest BCUT2D eigenvalue weighted by Gasteiger charge is -2.13. The van der Waals surface area contributed by atoms with Crippen molar-refractivity contribution in [1.82, 2.24) is 10.2 Å². The molecule has 0 saturated carbocycles. The van der Waals surface area contributed by atoms with Gasteiger partial charge in [-0.15, -0.1) is 0 Å². The molecule has 0 atom stereocenters. The lowest BCUT2D eigenvalue weighted by atomic mass is 10.0. The summed E-state index contributed by atoms with van der Waals surface area (Å²) in [7, 11) is 0. The molecule has 1 heterocycles. The highest BCUT2D eigenvalue weighted by molar-refractivity contribution is 6.23. The fraction of sp³-hybridized carbons (Fsp3) is 0.200. The van der Waals surface area contributed by atoms with Crippen LogP contribution in [-0.2, 0) is 11.2 Å². The molecule has 3 amide bonds.